The molecule has 1 saturated heterocycles. The van der Waals surface area contributed by atoms with Crippen molar-refractivity contribution in [2.24, 2.45) is 5.92 Å². The molecule has 10 nitrogen and oxygen atoms in total. The fourth-order valence-corrected chi connectivity index (χ4v) is 6.28. The summed E-state index contributed by atoms with van der Waals surface area (Å²) in [6.07, 6.45) is 1.64. The van der Waals surface area contributed by atoms with E-state index in [4.69, 9.17) is 9.47 Å². The highest BCUT2D eigenvalue weighted by atomic mass is 32.2. The molecule has 0 bridgehead atoms. The second-order valence-corrected chi connectivity index (χ2v) is 11.6. The topological polar surface area (TPSA) is 144 Å². The normalized spacial score (nSPS) is 19.7. The van der Waals surface area contributed by atoms with E-state index in [0.29, 0.717) is 27.5 Å². The van der Waals surface area contributed by atoms with Crippen LogP contribution in [0.1, 0.15) is 56.9 Å². The van der Waals surface area contributed by atoms with Crippen LogP contribution in [0, 0.1) is 5.92 Å². The number of amides is 1. The van der Waals surface area contributed by atoms with Gasteiger partial charge in [0.05, 0.1) is 41.6 Å². The number of anilines is 1. The third kappa shape index (κ3) is 6.86. The summed E-state index contributed by atoms with van der Waals surface area (Å²) >= 11 is 1.33. The summed E-state index contributed by atoms with van der Waals surface area (Å²) in [6.45, 7) is 1.98. The lowest BCUT2D eigenvalue weighted by Gasteiger charge is -2.41. The van der Waals surface area contributed by atoms with Gasteiger partial charge in [0, 0.05) is 29.1 Å². The molecule has 5 aromatic rings. The van der Waals surface area contributed by atoms with Crippen molar-refractivity contribution in [1.29, 1.82) is 0 Å². The Kier molecular flexibility index (Phi) is 9.13. The first kappa shape index (κ1) is 30.4. The number of fused-ring (bicyclic) bond motifs is 1. The first-order valence-corrected chi connectivity index (χ1v) is 15.3. The number of aliphatic hydroxyl groups is 1. The van der Waals surface area contributed by atoms with E-state index >= 15 is 0 Å². The number of aromatic carboxylic acids is 1. The highest BCUT2D eigenvalue weighted by molar-refractivity contribution is 7.99. The van der Waals surface area contributed by atoms with E-state index < -0.39 is 12.3 Å². The molecular weight excluding hydrogens is 592 g/mol. The van der Waals surface area contributed by atoms with Crippen LogP contribution in [0.15, 0.2) is 102 Å². The van der Waals surface area contributed by atoms with Gasteiger partial charge < -0.3 is 25.0 Å². The molecule has 0 saturated carbocycles. The molecule has 2 aromatic heterocycles. The molecule has 1 aliphatic heterocycles. The molecule has 11 heteroatoms. The number of hydrogen-bond donors (Lipinski definition) is 3. The van der Waals surface area contributed by atoms with E-state index in [1.54, 1.807) is 30.5 Å². The smallest absolute Gasteiger partial charge is 0.338 e. The van der Waals surface area contributed by atoms with Crippen LogP contribution in [-0.2, 0) is 16.1 Å². The van der Waals surface area contributed by atoms with E-state index in [1.807, 2.05) is 61.5 Å². The molecular formula is C34H30N4O6S. The highest BCUT2D eigenvalue weighted by Gasteiger charge is 2.38. The second-order valence-electron chi connectivity index (χ2n) is 10.6. The third-order valence-corrected chi connectivity index (χ3v) is 8.73. The van der Waals surface area contributed by atoms with Crippen molar-refractivity contribution in [3.05, 3.63) is 125 Å². The number of aromatic nitrogens is 3. The summed E-state index contributed by atoms with van der Waals surface area (Å²) < 4.78 is 13.0. The van der Waals surface area contributed by atoms with E-state index in [0.717, 1.165) is 16.7 Å². The number of rotatable bonds is 9. The van der Waals surface area contributed by atoms with Gasteiger partial charge >= 0.3 is 5.97 Å². The predicted octanol–water partition coefficient (Wildman–Crippen LogP) is 6.05. The molecule has 3 heterocycles. The highest BCUT2D eigenvalue weighted by Crippen LogP contribution is 2.43. The second kappa shape index (κ2) is 13.5. The number of ether oxygens (including phenoxy) is 2. The fraction of sp³-hybridized carbons (Fsp3) is 0.206. The molecule has 4 atom stereocenters. The van der Waals surface area contributed by atoms with Crippen LogP contribution in [0.4, 0.5) is 5.69 Å². The number of aliphatic hydroxyl groups excluding tert-OH is 1. The number of nitrogens with zero attached hydrogens (tertiary/aromatic N) is 3. The number of carbonyl (C=O) groups is 2. The minimum atomic E-state index is -1.04. The Labute approximate surface area is 263 Å². The summed E-state index contributed by atoms with van der Waals surface area (Å²) in [5.74, 6) is -1.05. The number of para-hydroxylation sites is 2. The molecule has 0 spiro atoms. The van der Waals surface area contributed by atoms with Crippen LogP contribution in [-0.4, -0.2) is 48.9 Å². The van der Waals surface area contributed by atoms with E-state index in [2.05, 4.69) is 20.3 Å². The zero-order chi connectivity index (χ0) is 31.3. The van der Waals surface area contributed by atoms with Crippen molar-refractivity contribution in [2.45, 2.75) is 37.1 Å². The van der Waals surface area contributed by atoms with Crippen LogP contribution in [0.2, 0.25) is 0 Å². The first-order chi connectivity index (χ1) is 21.9. The van der Waals surface area contributed by atoms with Crippen molar-refractivity contribution in [3.8, 4) is 0 Å². The molecule has 0 radical (unpaired) electrons. The van der Waals surface area contributed by atoms with E-state index in [-0.39, 0.29) is 41.9 Å². The summed E-state index contributed by atoms with van der Waals surface area (Å²) in [4.78, 5) is 37.6. The van der Waals surface area contributed by atoms with Crippen LogP contribution >= 0.6 is 11.8 Å². The fourth-order valence-electron chi connectivity index (χ4n) is 5.12. The van der Waals surface area contributed by atoms with E-state index in [9.17, 15) is 19.8 Å². The van der Waals surface area contributed by atoms with Crippen molar-refractivity contribution in [3.63, 3.8) is 0 Å². The molecule has 0 aliphatic carbocycles. The first-order valence-electron chi connectivity index (χ1n) is 14.3. The molecule has 0 unspecified atom stereocenters. The Balaban J connectivity index is 1.21. The zero-order valence-corrected chi connectivity index (χ0v) is 25.1. The summed E-state index contributed by atoms with van der Waals surface area (Å²) in [5.41, 5.74) is 4.75. The average molecular weight is 623 g/mol. The number of carbonyl (C=O) groups excluding carboxylic acids is 1. The third-order valence-electron chi connectivity index (χ3n) is 7.63. The lowest BCUT2D eigenvalue weighted by molar-refractivity contribution is -0.268. The molecule has 3 N–H and O–H groups in total. The van der Waals surface area contributed by atoms with Gasteiger partial charge in [-0.05, 0) is 47.5 Å². The summed E-state index contributed by atoms with van der Waals surface area (Å²) in [6, 6.07) is 25.3. The van der Waals surface area contributed by atoms with Crippen LogP contribution in [0.5, 0.6) is 0 Å². The van der Waals surface area contributed by atoms with Gasteiger partial charge in [-0.15, -0.1) is 11.8 Å². The summed E-state index contributed by atoms with van der Waals surface area (Å²) in [5, 5.41) is 22.4. The van der Waals surface area contributed by atoms with Gasteiger partial charge in [-0.1, -0.05) is 55.5 Å². The van der Waals surface area contributed by atoms with Gasteiger partial charge in [0.25, 0.3) is 5.91 Å². The number of pyridine rings is 1. The van der Waals surface area contributed by atoms with Gasteiger partial charge in [0.15, 0.2) is 6.29 Å². The van der Waals surface area contributed by atoms with Crippen LogP contribution in [0.3, 0.4) is 0 Å². The number of nitrogens with one attached hydrogen (secondary N) is 1. The maximum Gasteiger partial charge on any atom is 0.338 e. The lowest BCUT2D eigenvalue weighted by Crippen LogP contribution is -2.38. The number of carboxylic acids is 1. The Morgan fingerprint density at radius 2 is 1.62 bits per heavy atom. The van der Waals surface area contributed by atoms with Crippen LogP contribution < -0.4 is 5.32 Å². The molecule has 3 aromatic carbocycles. The molecule has 1 fully saturated rings. The molecule has 1 amide bonds. The Hall–Kier alpha value is -4.68. The SMILES string of the molecule is C[C@@H]1[C@H](CSc2ncccc2C(=O)O)O[C@H](c2ccc(NC(=O)c3cnc4ccccc4n3)cc2)O[C@@H]1c1ccc(CO)cc1. The zero-order valence-electron chi connectivity index (χ0n) is 24.2. The molecule has 6 rings (SSSR count). The Bertz CT molecular complexity index is 1820. The summed E-state index contributed by atoms with van der Waals surface area (Å²) in [7, 11) is 0. The van der Waals surface area contributed by atoms with Gasteiger partial charge in [0.1, 0.15) is 10.7 Å². The van der Waals surface area contributed by atoms with E-state index in [1.165, 1.54) is 24.0 Å². The monoisotopic (exact) mass is 622 g/mol. The van der Waals surface area contributed by atoms with Gasteiger partial charge in [-0.3, -0.25) is 9.78 Å². The van der Waals surface area contributed by atoms with Crippen molar-refractivity contribution < 1.29 is 29.3 Å². The number of thioether (sulfide) groups is 1. The van der Waals surface area contributed by atoms with Crippen LogP contribution in [0.25, 0.3) is 11.0 Å². The standard InChI is InChI=1S/C34H30N4O6S/c1-20-29(19-45-32-25(33(41)42)5-4-16-35-32)43-34(44-30(20)22-10-8-21(18-39)9-11-22)23-12-14-24(15-13-23)37-31(40)28-17-36-26-6-2-3-7-27(26)38-28/h2-17,20,29-30,34,39H,18-19H2,1H3,(H,37,40)(H,41,42)/t20-,29+,30+,34+/m1/s1. The van der Waals surface area contributed by atoms with Crippen molar-refractivity contribution >= 4 is 40.4 Å². The Morgan fingerprint density at radius 3 is 2.36 bits per heavy atom. The van der Waals surface area contributed by atoms with Gasteiger partial charge in [-0.2, -0.15) is 0 Å². The van der Waals surface area contributed by atoms with Crippen molar-refractivity contribution in [2.75, 3.05) is 11.1 Å². The maximum atomic E-state index is 12.9. The van der Waals surface area contributed by atoms with Crippen molar-refractivity contribution in [1.82, 2.24) is 15.0 Å². The maximum absolute atomic E-state index is 12.9. The molecule has 228 valence electrons. The average Bonchev–Trinajstić information content (AvgIpc) is 3.08. The minimum Gasteiger partial charge on any atom is -0.478 e. The predicted molar refractivity (Wildman–Crippen MR) is 169 cm³/mol. The number of hydrogen-bond acceptors (Lipinski definition) is 9. The van der Waals surface area contributed by atoms with Gasteiger partial charge in [0.2, 0.25) is 0 Å². The number of carboxylic acid groups (broad SMARTS) is 1. The quantitative estimate of drug-likeness (QED) is 0.166. The molecule has 1 aliphatic rings. The lowest BCUT2D eigenvalue weighted by atomic mass is 9.91. The molecule has 45 heavy (non-hydrogen) atoms. The minimum absolute atomic E-state index is 0.0569. The van der Waals surface area contributed by atoms with Gasteiger partial charge in [-0.25, -0.2) is 14.8 Å². The number of benzene rings is 3. The Morgan fingerprint density at radius 1 is 0.889 bits per heavy atom. The largest absolute Gasteiger partial charge is 0.478 e.